The van der Waals surface area contributed by atoms with E-state index in [0.717, 1.165) is 33.4 Å². The van der Waals surface area contributed by atoms with Gasteiger partial charge in [-0.25, -0.2) is 4.39 Å². The average Bonchev–Trinajstić information content (AvgIpc) is 3.13. The van der Waals surface area contributed by atoms with E-state index in [1.807, 2.05) is 36.4 Å². The van der Waals surface area contributed by atoms with Crippen LogP contribution in [-0.4, -0.2) is 19.7 Å². The van der Waals surface area contributed by atoms with Gasteiger partial charge in [0.15, 0.2) is 11.0 Å². The topological polar surface area (TPSA) is 43.6 Å². The number of benzene rings is 2. The van der Waals surface area contributed by atoms with Crippen LogP contribution in [0.25, 0.3) is 17.1 Å². The van der Waals surface area contributed by atoms with Gasteiger partial charge in [0.1, 0.15) is 5.82 Å². The maximum Gasteiger partial charge on any atom is 0.196 e. The molecule has 4 nitrogen and oxygen atoms in total. The molecule has 0 aliphatic carbocycles. The molecule has 140 valence electrons. The van der Waals surface area contributed by atoms with Gasteiger partial charge < -0.3 is 0 Å². The molecule has 0 radical (unpaired) electrons. The Bertz CT molecular complexity index is 1080. The predicted octanol–water partition coefficient (Wildman–Crippen LogP) is 5.63. The summed E-state index contributed by atoms with van der Waals surface area (Å²) >= 11 is 1.60. The van der Waals surface area contributed by atoms with Crippen LogP contribution in [0.1, 0.15) is 23.3 Å². The fourth-order valence-electron chi connectivity index (χ4n) is 3.03. The summed E-state index contributed by atoms with van der Waals surface area (Å²) in [6.07, 6.45) is 3.50. The zero-order valence-electron chi connectivity index (χ0n) is 15.6. The molecule has 0 spiro atoms. The van der Waals surface area contributed by atoms with Gasteiger partial charge in [-0.1, -0.05) is 42.1 Å². The highest BCUT2D eigenvalue weighted by atomic mass is 32.2. The molecule has 0 aliphatic heterocycles. The molecule has 1 atom stereocenters. The summed E-state index contributed by atoms with van der Waals surface area (Å²) in [5.41, 5.74) is 4.16. The van der Waals surface area contributed by atoms with Gasteiger partial charge in [0, 0.05) is 23.2 Å². The van der Waals surface area contributed by atoms with E-state index in [9.17, 15) is 4.39 Å². The minimum Gasteiger partial charge on any atom is -0.270 e. The van der Waals surface area contributed by atoms with E-state index >= 15 is 0 Å². The third-order valence-corrected chi connectivity index (χ3v) is 5.65. The van der Waals surface area contributed by atoms with Crippen molar-refractivity contribution in [2.24, 2.45) is 0 Å². The number of nitrogens with zero attached hydrogens (tertiary/aromatic N) is 4. The summed E-state index contributed by atoms with van der Waals surface area (Å²) in [5.74, 6) is 0.537. The van der Waals surface area contributed by atoms with Crippen molar-refractivity contribution >= 4 is 11.8 Å². The van der Waals surface area contributed by atoms with Crippen molar-refractivity contribution < 1.29 is 4.39 Å². The number of halogens is 1. The van der Waals surface area contributed by atoms with Crippen molar-refractivity contribution in [3.63, 3.8) is 0 Å². The molecular formula is C22H19FN4S. The summed E-state index contributed by atoms with van der Waals surface area (Å²) in [5, 5.41) is 9.83. The van der Waals surface area contributed by atoms with Crippen molar-refractivity contribution in [2.75, 3.05) is 0 Å². The zero-order valence-corrected chi connectivity index (χ0v) is 16.4. The maximum atomic E-state index is 13.3. The van der Waals surface area contributed by atoms with Crippen molar-refractivity contribution in [1.82, 2.24) is 19.7 Å². The van der Waals surface area contributed by atoms with Gasteiger partial charge in [-0.2, -0.15) is 0 Å². The Hall–Kier alpha value is -2.99. The lowest BCUT2D eigenvalue weighted by atomic mass is 10.2. The molecule has 0 saturated carbocycles. The summed E-state index contributed by atoms with van der Waals surface area (Å²) in [6.45, 7) is 4.16. The van der Waals surface area contributed by atoms with Gasteiger partial charge in [0.2, 0.25) is 0 Å². The lowest BCUT2D eigenvalue weighted by Crippen LogP contribution is -2.02. The van der Waals surface area contributed by atoms with E-state index < -0.39 is 0 Å². The second kappa shape index (κ2) is 7.94. The van der Waals surface area contributed by atoms with E-state index in [1.54, 1.807) is 24.2 Å². The zero-order chi connectivity index (χ0) is 19.5. The van der Waals surface area contributed by atoms with Gasteiger partial charge >= 0.3 is 0 Å². The van der Waals surface area contributed by atoms with Crippen LogP contribution in [0.5, 0.6) is 0 Å². The molecule has 2 heterocycles. The minimum atomic E-state index is -0.232. The fourth-order valence-corrected chi connectivity index (χ4v) is 4.01. The quantitative estimate of drug-likeness (QED) is 0.414. The summed E-state index contributed by atoms with van der Waals surface area (Å²) in [4.78, 5) is 4.10. The number of hydrogen-bond acceptors (Lipinski definition) is 4. The highest BCUT2D eigenvalue weighted by molar-refractivity contribution is 7.99. The first-order valence-corrected chi connectivity index (χ1v) is 9.85. The number of hydrogen-bond donors (Lipinski definition) is 0. The molecule has 4 aromatic rings. The molecule has 1 unspecified atom stereocenters. The molecule has 0 amide bonds. The monoisotopic (exact) mass is 390 g/mol. The second-order valence-electron chi connectivity index (χ2n) is 6.48. The van der Waals surface area contributed by atoms with E-state index in [-0.39, 0.29) is 11.1 Å². The Morgan fingerprint density at radius 2 is 1.64 bits per heavy atom. The number of thioether (sulfide) groups is 1. The number of pyridine rings is 1. The van der Waals surface area contributed by atoms with Crippen LogP contribution in [0.15, 0.2) is 78.2 Å². The highest BCUT2D eigenvalue weighted by Gasteiger charge is 2.20. The Labute approximate surface area is 167 Å². The summed E-state index contributed by atoms with van der Waals surface area (Å²) in [6, 6.07) is 18.6. The largest absolute Gasteiger partial charge is 0.270 e. The van der Waals surface area contributed by atoms with E-state index in [4.69, 9.17) is 0 Å². The molecule has 4 rings (SSSR count). The Kier molecular flexibility index (Phi) is 5.21. The first-order valence-electron chi connectivity index (χ1n) is 8.97. The normalized spacial score (nSPS) is 12.1. The Balaban J connectivity index is 1.78. The molecule has 2 aromatic heterocycles. The molecule has 0 aliphatic rings. The molecule has 0 N–H and O–H groups in total. The summed E-state index contributed by atoms with van der Waals surface area (Å²) < 4.78 is 15.3. The number of para-hydroxylation sites is 1. The van der Waals surface area contributed by atoms with Crippen molar-refractivity contribution in [3.05, 3.63) is 90.0 Å². The number of aromatic nitrogens is 4. The van der Waals surface area contributed by atoms with Crippen LogP contribution in [0.2, 0.25) is 0 Å². The van der Waals surface area contributed by atoms with E-state index in [0.29, 0.717) is 0 Å². The van der Waals surface area contributed by atoms with Crippen LogP contribution >= 0.6 is 11.8 Å². The lowest BCUT2D eigenvalue weighted by Gasteiger charge is -2.15. The average molecular weight is 390 g/mol. The maximum absolute atomic E-state index is 13.3. The molecule has 28 heavy (non-hydrogen) atoms. The molecule has 6 heteroatoms. The van der Waals surface area contributed by atoms with Gasteiger partial charge in [0.05, 0.1) is 5.69 Å². The van der Waals surface area contributed by atoms with Gasteiger partial charge in [-0.3, -0.25) is 9.55 Å². The minimum absolute atomic E-state index is 0.0952. The van der Waals surface area contributed by atoms with E-state index in [2.05, 4.69) is 45.7 Å². The first kappa shape index (κ1) is 18.4. The second-order valence-corrected chi connectivity index (χ2v) is 7.78. The fraction of sp³-hybridized carbons (Fsp3) is 0.136. The first-order chi connectivity index (χ1) is 13.6. The standard InChI is InChI=1S/C22H19FN4S/c1-15-5-3-4-6-20(15)27-21(18-11-13-24-14-12-18)25-26-22(27)28-16(2)17-7-9-19(23)10-8-17/h3-14,16H,1-2H3. The lowest BCUT2D eigenvalue weighted by molar-refractivity contribution is 0.627. The van der Waals surface area contributed by atoms with Gasteiger partial charge in [-0.15, -0.1) is 10.2 Å². The molecule has 0 fully saturated rings. The summed E-state index contributed by atoms with van der Waals surface area (Å²) in [7, 11) is 0. The smallest absolute Gasteiger partial charge is 0.196 e. The van der Waals surface area contributed by atoms with Gasteiger partial charge in [0.25, 0.3) is 0 Å². The Morgan fingerprint density at radius 1 is 0.929 bits per heavy atom. The van der Waals surface area contributed by atoms with Crippen LogP contribution in [0, 0.1) is 12.7 Å². The van der Waals surface area contributed by atoms with Crippen LogP contribution < -0.4 is 0 Å². The molecule has 0 saturated heterocycles. The number of aryl methyl sites for hydroxylation is 1. The predicted molar refractivity (Wildman–Crippen MR) is 110 cm³/mol. The van der Waals surface area contributed by atoms with Crippen molar-refractivity contribution in [1.29, 1.82) is 0 Å². The van der Waals surface area contributed by atoms with Crippen molar-refractivity contribution in [2.45, 2.75) is 24.3 Å². The number of rotatable bonds is 5. The SMILES string of the molecule is Cc1ccccc1-n1c(SC(C)c2ccc(F)cc2)nnc1-c1ccncc1. The Morgan fingerprint density at radius 3 is 2.36 bits per heavy atom. The third-order valence-electron chi connectivity index (χ3n) is 4.55. The van der Waals surface area contributed by atoms with Crippen LogP contribution in [-0.2, 0) is 0 Å². The van der Waals surface area contributed by atoms with Crippen LogP contribution in [0.4, 0.5) is 4.39 Å². The highest BCUT2D eigenvalue weighted by Crippen LogP contribution is 2.37. The van der Waals surface area contributed by atoms with Crippen LogP contribution in [0.3, 0.4) is 0 Å². The molecular weight excluding hydrogens is 371 g/mol. The molecule has 0 bridgehead atoms. The van der Waals surface area contributed by atoms with Gasteiger partial charge in [-0.05, 0) is 55.3 Å². The van der Waals surface area contributed by atoms with Crippen molar-refractivity contribution in [3.8, 4) is 17.1 Å². The molecule has 2 aromatic carbocycles. The van der Waals surface area contributed by atoms with E-state index in [1.165, 1.54) is 12.1 Å². The third kappa shape index (κ3) is 3.68.